The Hall–Kier alpha value is -1.10. The van der Waals surface area contributed by atoms with Crippen LogP contribution in [0.1, 0.15) is 16.1 Å². The molecule has 0 bridgehead atoms. The zero-order chi connectivity index (χ0) is 13.5. The number of para-hydroxylation sites is 1. The predicted octanol–water partition coefficient (Wildman–Crippen LogP) is 4.55. The molecule has 0 unspecified atom stereocenters. The minimum Gasteiger partial charge on any atom is -0.357 e. The number of aromatic nitrogens is 1. The van der Waals surface area contributed by atoms with Crippen molar-refractivity contribution in [3.8, 4) is 0 Å². The van der Waals surface area contributed by atoms with E-state index in [1.165, 1.54) is 31.5 Å². The number of thiophene rings is 1. The Morgan fingerprint density at radius 1 is 1.30 bits per heavy atom. The van der Waals surface area contributed by atoms with Gasteiger partial charge in [-0.1, -0.05) is 18.2 Å². The molecule has 1 aliphatic rings. The van der Waals surface area contributed by atoms with Crippen LogP contribution in [-0.4, -0.2) is 16.4 Å². The predicted molar refractivity (Wildman–Crippen MR) is 88.1 cm³/mol. The van der Waals surface area contributed by atoms with Gasteiger partial charge in [-0.3, -0.25) is 4.90 Å². The van der Waals surface area contributed by atoms with Crippen LogP contribution in [0.5, 0.6) is 0 Å². The maximum atomic E-state index is 3.59. The van der Waals surface area contributed by atoms with E-state index in [4.69, 9.17) is 0 Å². The summed E-state index contributed by atoms with van der Waals surface area (Å²) in [5.41, 5.74) is 4.19. The second-order valence-corrected chi connectivity index (χ2v) is 7.23. The maximum absolute atomic E-state index is 3.59. The summed E-state index contributed by atoms with van der Waals surface area (Å²) in [4.78, 5) is 7.54. The van der Waals surface area contributed by atoms with Gasteiger partial charge in [-0.05, 0) is 40.0 Å². The van der Waals surface area contributed by atoms with Crippen LogP contribution in [0.3, 0.4) is 0 Å². The summed E-state index contributed by atoms with van der Waals surface area (Å²) in [6, 6.07) is 10.9. The lowest BCUT2D eigenvalue weighted by Crippen LogP contribution is -2.29. The van der Waals surface area contributed by atoms with E-state index < -0.39 is 0 Å². The van der Waals surface area contributed by atoms with Crippen LogP contribution >= 0.6 is 27.3 Å². The minimum absolute atomic E-state index is 1.03. The third kappa shape index (κ3) is 2.22. The SMILES string of the molecule is Brc1csc(CN2CCc3c([nH]c4ccccc34)C2)c1. The molecule has 102 valence electrons. The molecule has 2 nitrogen and oxygen atoms in total. The fourth-order valence-electron chi connectivity index (χ4n) is 3.04. The summed E-state index contributed by atoms with van der Waals surface area (Å²) in [7, 11) is 0. The van der Waals surface area contributed by atoms with Gasteiger partial charge in [0, 0.05) is 51.0 Å². The minimum atomic E-state index is 1.03. The number of fused-ring (bicyclic) bond motifs is 3. The Labute approximate surface area is 130 Å². The summed E-state index contributed by atoms with van der Waals surface area (Å²) in [6.45, 7) is 3.22. The molecule has 0 saturated heterocycles. The van der Waals surface area contributed by atoms with Gasteiger partial charge in [0.1, 0.15) is 0 Å². The number of hydrogen-bond donors (Lipinski definition) is 1. The average Bonchev–Trinajstić information content (AvgIpc) is 3.01. The van der Waals surface area contributed by atoms with Crippen LogP contribution in [0, 0.1) is 0 Å². The van der Waals surface area contributed by atoms with E-state index in [-0.39, 0.29) is 0 Å². The van der Waals surface area contributed by atoms with E-state index >= 15 is 0 Å². The van der Waals surface area contributed by atoms with Crippen molar-refractivity contribution in [3.63, 3.8) is 0 Å². The van der Waals surface area contributed by atoms with E-state index in [0.29, 0.717) is 0 Å². The first-order valence-electron chi connectivity index (χ1n) is 6.83. The van der Waals surface area contributed by atoms with E-state index in [2.05, 4.69) is 61.5 Å². The molecule has 0 spiro atoms. The Balaban J connectivity index is 1.60. The summed E-state index contributed by atoms with van der Waals surface area (Å²) < 4.78 is 1.20. The van der Waals surface area contributed by atoms with Gasteiger partial charge in [-0.25, -0.2) is 0 Å². The number of halogens is 1. The first-order chi connectivity index (χ1) is 9.79. The van der Waals surface area contributed by atoms with Gasteiger partial charge in [0.05, 0.1) is 0 Å². The summed E-state index contributed by atoms with van der Waals surface area (Å²) >= 11 is 5.36. The Kier molecular flexibility index (Phi) is 3.17. The third-order valence-corrected chi connectivity index (χ3v) is 5.65. The highest BCUT2D eigenvalue weighted by Crippen LogP contribution is 2.29. The Morgan fingerprint density at radius 2 is 2.20 bits per heavy atom. The van der Waals surface area contributed by atoms with Gasteiger partial charge in [0.25, 0.3) is 0 Å². The van der Waals surface area contributed by atoms with Gasteiger partial charge < -0.3 is 4.98 Å². The molecule has 3 heterocycles. The van der Waals surface area contributed by atoms with Crippen molar-refractivity contribution in [2.24, 2.45) is 0 Å². The first-order valence-corrected chi connectivity index (χ1v) is 8.50. The zero-order valence-corrected chi connectivity index (χ0v) is 13.4. The average molecular weight is 347 g/mol. The van der Waals surface area contributed by atoms with E-state index in [1.54, 1.807) is 0 Å². The van der Waals surface area contributed by atoms with Gasteiger partial charge in [-0.15, -0.1) is 11.3 Å². The van der Waals surface area contributed by atoms with Crippen LogP contribution in [0.15, 0.2) is 40.2 Å². The molecule has 3 aromatic rings. The molecule has 1 aliphatic heterocycles. The van der Waals surface area contributed by atoms with Crippen LogP contribution in [0.2, 0.25) is 0 Å². The van der Waals surface area contributed by atoms with Crippen molar-refractivity contribution in [1.82, 2.24) is 9.88 Å². The molecule has 0 aliphatic carbocycles. The van der Waals surface area contributed by atoms with Crippen molar-refractivity contribution in [2.75, 3.05) is 6.54 Å². The molecule has 1 N–H and O–H groups in total. The van der Waals surface area contributed by atoms with Crippen molar-refractivity contribution in [2.45, 2.75) is 19.5 Å². The number of hydrogen-bond acceptors (Lipinski definition) is 2. The fraction of sp³-hybridized carbons (Fsp3) is 0.250. The lowest BCUT2D eigenvalue weighted by Gasteiger charge is -2.26. The standard InChI is InChI=1S/C16H15BrN2S/c17-11-7-12(20-10-11)8-19-6-5-14-13-3-1-2-4-15(13)18-16(14)9-19/h1-4,7,10,18H,5-6,8-9H2. The lowest BCUT2D eigenvalue weighted by molar-refractivity contribution is 0.245. The van der Waals surface area contributed by atoms with E-state index in [0.717, 1.165) is 26.1 Å². The molecule has 0 fully saturated rings. The Bertz CT molecular complexity index is 759. The van der Waals surface area contributed by atoms with Crippen LogP contribution in [-0.2, 0) is 19.5 Å². The molecular formula is C16H15BrN2S. The fourth-order valence-corrected chi connectivity index (χ4v) is 4.53. The second kappa shape index (κ2) is 5.02. The van der Waals surface area contributed by atoms with Gasteiger partial charge in [-0.2, -0.15) is 0 Å². The molecular weight excluding hydrogens is 332 g/mol. The van der Waals surface area contributed by atoms with Crippen molar-refractivity contribution in [3.05, 3.63) is 56.3 Å². The van der Waals surface area contributed by atoms with Crippen molar-refractivity contribution < 1.29 is 0 Å². The molecule has 2 aromatic heterocycles. The molecule has 1 aromatic carbocycles. The summed E-state index contributed by atoms with van der Waals surface area (Å²) in [5, 5.41) is 3.56. The maximum Gasteiger partial charge on any atom is 0.0459 e. The summed E-state index contributed by atoms with van der Waals surface area (Å²) in [6.07, 6.45) is 1.14. The second-order valence-electron chi connectivity index (χ2n) is 5.32. The van der Waals surface area contributed by atoms with Crippen LogP contribution in [0.25, 0.3) is 10.9 Å². The van der Waals surface area contributed by atoms with Gasteiger partial charge in [0.2, 0.25) is 0 Å². The quantitative estimate of drug-likeness (QED) is 0.721. The summed E-state index contributed by atoms with van der Waals surface area (Å²) in [5.74, 6) is 0. The van der Waals surface area contributed by atoms with E-state index in [9.17, 15) is 0 Å². The molecule has 20 heavy (non-hydrogen) atoms. The monoisotopic (exact) mass is 346 g/mol. The number of nitrogens with one attached hydrogen (secondary N) is 1. The number of nitrogens with zero attached hydrogens (tertiary/aromatic N) is 1. The highest BCUT2D eigenvalue weighted by Gasteiger charge is 2.20. The molecule has 0 amide bonds. The molecule has 4 rings (SSSR count). The smallest absolute Gasteiger partial charge is 0.0459 e. The Morgan fingerprint density at radius 3 is 3.05 bits per heavy atom. The normalized spacial score (nSPS) is 15.7. The van der Waals surface area contributed by atoms with E-state index in [1.807, 2.05) is 11.3 Å². The van der Waals surface area contributed by atoms with Crippen molar-refractivity contribution >= 4 is 38.2 Å². The number of aromatic amines is 1. The highest BCUT2D eigenvalue weighted by molar-refractivity contribution is 9.10. The molecule has 0 saturated carbocycles. The van der Waals surface area contributed by atoms with Gasteiger partial charge in [0.15, 0.2) is 0 Å². The first kappa shape index (κ1) is 12.6. The molecule has 0 radical (unpaired) electrons. The zero-order valence-electron chi connectivity index (χ0n) is 11.0. The largest absolute Gasteiger partial charge is 0.357 e. The molecule has 4 heteroatoms. The van der Waals surface area contributed by atoms with Crippen molar-refractivity contribution in [1.29, 1.82) is 0 Å². The highest BCUT2D eigenvalue weighted by atomic mass is 79.9. The number of H-pyrrole nitrogens is 1. The van der Waals surface area contributed by atoms with Crippen LogP contribution in [0.4, 0.5) is 0 Å². The lowest BCUT2D eigenvalue weighted by atomic mass is 10.0. The van der Waals surface area contributed by atoms with Gasteiger partial charge >= 0.3 is 0 Å². The van der Waals surface area contributed by atoms with Crippen LogP contribution < -0.4 is 0 Å². The molecule has 0 atom stereocenters. The topological polar surface area (TPSA) is 19.0 Å². The number of benzene rings is 1. The third-order valence-electron chi connectivity index (χ3n) is 3.96. The number of rotatable bonds is 2.